The molecular weight excluding hydrogens is 454 g/mol. The largest absolute Gasteiger partial charge is 0 e. The van der Waals surface area contributed by atoms with Crippen molar-refractivity contribution in [3.63, 3.8) is 0 Å². The molecule has 0 saturated heterocycles. The molecule has 0 aliphatic heterocycles. The number of rotatable bonds is 0. The van der Waals surface area contributed by atoms with Crippen molar-refractivity contribution in [3.05, 3.63) is 0 Å². The molecule has 0 aliphatic carbocycles. The average Bonchev–Trinajstić information content (AvgIpc) is 0. The van der Waals surface area contributed by atoms with Crippen LogP contribution in [0.25, 0.3) is 0 Å². The zero-order valence-electron chi connectivity index (χ0n) is 2.00. The molecule has 0 N–H and O–H groups in total. The minimum atomic E-state index is 0. The molecule has 0 aromatic rings. The van der Waals surface area contributed by atoms with Gasteiger partial charge in [0.1, 0.15) is 0 Å². The minimum absolute atomic E-state index is 0. The first-order chi connectivity index (χ1) is 0. The van der Waals surface area contributed by atoms with Gasteiger partial charge in [-0.2, -0.15) is 0 Å². The van der Waals surface area contributed by atoms with Gasteiger partial charge in [-0.25, -0.2) is 0 Å². The van der Waals surface area contributed by atoms with Crippen LogP contribution in [0.5, 0.6) is 0 Å². The van der Waals surface area contributed by atoms with Crippen LogP contribution in [0.15, 0.2) is 0 Å². The number of hydrogen-bond acceptors (Lipinski definition) is 0. The van der Waals surface area contributed by atoms with Crippen LogP contribution in [0.2, 0.25) is 0 Å². The van der Waals surface area contributed by atoms with Crippen molar-refractivity contribution in [3.8, 4) is 0 Å². The Balaban J connectivity index is 0. The van der Waals surface area contributed by atoms with Gasteiger partial charge in [0.15, 0.2) is 0 Å². The Morgan fingerprint density at radius 3 is 0.333 bits per heavy atom. The van der Waals surface area contributed by atoms with E-state index in [1.54, 1.807) is 0 Å². The smallest absolute Gasteiger partial charge is 0 e. The molecule has 0 amide bonds. The van der Waals surface area contributed by atoms with Gasteiger partial charge in [0.25, 0.3) is 0 Å². The molecule has 0 rings (SSSR count). The van der Waals surface area contributed by atoms with Gasteiger partial charge in [-0.1, -0.05) is 0 Å². The molecule has 0 atom stereocenters. The fourth-order valence-electron chi connectivity index (χ4n) is 0. The summed E-state index contributed by atoms with van der Waals surface area (Å²) in [7, 11) is 0. The van der Waals surface area contributed by atoms with Crippen molar-refractivity contribution in [2.45, 2.75) is 0 Å². The van der Waals surface area contributed by atoms with Gasteiger partial charge in [0.2, 0.25) is 0 Å². The van der Waals surface area contributed by atoms with E-state index in [2.05, 4.69) is 0 Å². The third kappa shape index (κ3) is 24.9. The molecule has 6 heteroatoms. The summed E-state index contributed by atoms with van der Waals surface area (Å²) >= 11 is 0. The SMILES string of the molecule is [Co].[Co].[Co].[Co].[Co].[Tb]. The van der Waals surface area contributed by atoms with Gasteiger partial charge in [-0.05, 0) is 0 Å². The van der Waals surface area contributed by atoms with Crippen molar-refractivity contribution in [2.75, 3.05) is 0 Å². The molecule has 0 saturated carbocycles. The molecule has 6 radical (unpaired) electrons. The molecule has 0 heterocycles. The fourth-order valence-corrected chi connectivity index (χ4v) is 0. The van der Waals surface area contributed by atoms with E-state index in [1.165, 1.54) is 0 Å². The molecule has 0 aliphatic rings. The van der Waals surface area contributed by atoms with Gasteiger partial charge in [-0.3, -0.25) is 0 Å². The van der Waals surface area contributed by atoms with Crippen LogP contribution in [0.4, 0.5) is 0 Å². The van der Waals surface area contributed by atoms with Crippen molar-refractivity contribution in [1.82, 2.24) is 0 Å². The standard InChI is InChI=1S/5Co.Tb. The van der Waals surface area contributed by atoms with E-state index in [-0.39, 0.29) is 123 Å². The summed E-state index contributed by atoms with van der Waals surface area (Å²) in [5.41, 5.74) is 0. The van der Waals surface area contributed by atoms with E-state index in [9.17, 15) is 0 Å². The van der Waals surface area contributed by atoms with Gasteiger partial charge >= 0.3 is 0 Å². The second kappa shape index (κ2) is 37.0. The molecule has 0 spiro atoms. The van der Waals surface area contributed by atoms with Gasteiger partial charge < -0.3 is 0 Å². The van der Waals surface area contributed by atoms with Crippen LogP contribution >= 0.6 is 0 Å². The molecule has 0 nitrogen and oxygen atoms in total. The number of hydrogen-bond donors (Lipinski definition) is 0. The van der Waals surface area contributed by atoms with E-state index < -0.39 is 0 Å². The van der Waals surface area contributed by atoms with E-state index in [0.29, 0.717) is 0 Å². The molecule has 0 aromatic heterocycles. The monoisotopic (exact) mass is 454 g/mol. The summed E-state index contributed by atoms with van der Waals surface area (Å²) in [6.07, 6.45) is 0. The molecule has 0 aromatic carbocycles. The normalized spacial score (nSPS) is 0. The molecule has 0 fully saturated rings. The van der Waals surface area contributed by atoms with Gasteiger partial charge in [-0.15, -0.1) is 0 Å². The fraction of sp³-hybridized carbons (Fsp3) is 0. The van der Waals surface area contributed by atoms with Crippen molar-refractivity contribution in [1.29, 1.82) is 0 Å². The molecule has 6 heavy (non-hydrogen) atoms. The summed E-state index contributed by atoms with van der Waals surface area (Å²) in [6.45, 7) is 0. The predicted molar refractivity (Wildman–Crippen MR) is 0 cm³/mol. The Bertz CT molecular complexity index is 3.90. The second-order valence-electron chi connectivity index (χ2n) is 0. The maximum absolute atomic E-state index is 0. The topological polar surface area (TPSA) is 0 Å². The van der Waals surface area contributed by atoms with Crippen LogP contribution < -0.4 is 0 Å². The summed E-state index contributed by atoms with van der Waals surface area (Å²) in [5.74, 6) is 0. The third-order valence-electron chi connectivity index (χ3n) is 0. The Hall–Kier alpha value is 3.82. The van der Waals surface area contributed by atoms with Crippen LogP contribution in [0.1, 0.15) is 0 Å². The Morgan fingerprint density at radius 1 is 0.333 bits per heavy atom. The average molecular weight is 454 g/mol. The molecule has 0 unspecified atom stereocenters. The molecule has 0 bridgehead atoms. The maximum atomic E-state index is 0. The van der Waals surface area contributed by atoms with Crippen LogP contribution in [0.3, 0.4) is 0 Å². The zero-order chi connectivity index (χ0) is 0. The van der Waals surface area contributed by atoms with Crippen LogP contribution in [0, 0.1) is 38.6 Å². The summed E-state index contributed by atoms with van der Waals surface area (Å²) in [4.78, 5) is 0. The second-order valence-corrected chi connectivity index (χ2v) is 0. The zero-order valence-corrected chi connectivity index (χ0v) is 9.34. The van der Waals surface area contributed by atoms with Gasteiger partial charge in [0.05, 0.1) is 0 Å². The van der Waals surface area contributed by atoms with Gasteiger partial charge in [0, 0.05) is 123 Å². The first-order valence-corrected chi connectivity index (χ1v) is 0. The first-order valence-electron chi connectivity index (χ1n) is 0. The Labute approximate surface area is 120 Å². The predicted octanol–water partition coefficient (Wildman–Crippen LogP) is -0.0125. The van der Waals surface area contributed by atoms with E-state index in [0.717, 1.165) is 0 Å². The molecular formula is Co5Tb. The summed E-state index contributed by atoms with van der Waals surface area (Å²) in [6, 6.07) is 0. The molecule has 54 valence electrons. The maximum Gasteiger partial charge on any atom is 0 e. The van der Waals surface area contributed by atoms with E-state index in [4.69, 9.17) is 0 Å². The first kappa shape index (κ1) is 52.4. The van der Waals surface area contributed by atoms with E-state index >= 15 is 0 Å². The Morgan fingerprint density at radius 2 is 0.333 bits per heavy atom. The van der Waals surface area contributed by atoms with Crippen molar-refractivity contribution in [2.24, 2.45) is 0 Å². The van der Waals surface area contributed by atoms with Crippen LogP contribution in [-0.4, -0.2) is 0 Å². The Kier molecular flexibility index (Phi) is 323. The quantitative estimate of drug-likeness (QED) is 0.484. The third-order valence-corrected chi connectivity index (χ3v) is 0. The van der Waals surface area contributed by atoms with Crippen molar-refractivity contribution >= 4 is 0 Å². The minimum Gasteiger partial charge on any atom is 0 e. The van der Waals surface area contributed by atoms with E-state index in [1.807, 2.05) is 0 Å². The van der Waals surface area contributed by atoms with Crippen LogP contribution in [-0.2, 0) is 83.9 Å². The van der Waals surface area contributed by atoms with Crippen molar-refractivity contribution < 1.29 is 123 Å². The summed E-state index contributed by atoms with van der Waals surface area (Å²) < 4.78 is 0. The summed E-state index contributed by atoms with van der Waals surface area (Å²) in [5, 5.41) is 0.